The highest BCUT2D eigenvalue weighted by Gasteiger charge is 2.13. The summed E-state index contributed by atoms with van der Waals surface area (Å²) in [4.78, 5) is 25.2. The molecule has 0 saturated carbocycles. The molecule has 1 heterocycles. The minimum absolute atomic E-state index is 0.111. The first kappa shape index (κ1) is 19.3. The molecule has 7 nitrogen and oxygen atoms in total. The second kappa shape index (κ2) is 7.79. The predicted molar refractivity (Wildman–Crippen MR) is 118 cm³/mol. The van der Waals surface area contributed by atoms with Crippen LogP contribution in [0.1, 0.15) is 15.9 Å². The summed E-state index contributed by atoms with van der Waals surface area (Å²) in [6, 6.07) is 19.8. The average Bonchev–Trinajstić information content (AvgIpc) is 3.00. The molecule has 4 aromatic rings. The molecule has 0 fully saturated rings. The number of carbonyl (C=O) groups is 1. The van der Waals surface area contributed by atoms with E-state index in [4.69, 9.17) is 10.5 Å². The number of nitrogen functional groups attached to an aromatic ring is 1. The Hall–Kier alpha value is -4.00. The normalized spacial score (nSPS) is 10.9. The Morgan fingerprint density at radius 2 is 1.77 bits per heavy atom. The number of para-hydroxylation sites is 2. The van der Waals surface area contributed by atoms with Gasteiger partial charge in [0.05, 0.1) is 36.1 Å². The molecule has 0 spiro atoms. The molecule has 3 N–H and O–H groups in total. The molecule has 0 aliphatic heterocycles. The summed E-state index contributed by atoms with van der Waals surface area (Å²) in [6.45, 7) is 0.399. The molecule has 0 radical (unpaired) electrons. The van der Waals surface area contributed by atoms with Crippen LogP contribution in [-0.2, 0) is 13.6 Å². The van der Waals surface area contributed by atoms with E-state index in [-0.39, 0.29) is 11.6 Å². The van der Waals surface area contributed by atoms with E-state index in [1.54, 1.807) is 47.6 Å². The number of ether oxygens (including phenoxy) is 1. The molecule has 0 aliphatic rings. The van der Waals surface area contributed by atoms with Crippen LogP contribution in [0, 0.1) is 0 Å². The van der Waals surface area contributed by atoms with Crippen molar-refractivity contribution in [3.8, 4) is 5.75 Å². The molecule has 1 aromatic heterocycles. The van der Waals surface area contributed by atoms with Gasteiger partial charge in [-0.25, -0.2) is 4.79 Å². The molecule has 1 amide bonds. The van der Waals surface area contributed by atoms with E-state index in [1.165, 1.54) is 0 Å². The van der Waals surface area contributed by atoms with E-state index >= 15 is 0 Å². The maximum Gasteiger partial charge on any atom is 0.329 e. The molecule has 0 bridgehead atoms. The van der Waals surface area contributed by atoms with Gasteiger partial charge in [0.2, 0.25) is 0 Å². The van der Waals surface area contributed by atoms with Gasteiger partial charge in [0.1, 0.15) is 5.75 Å². The Morgan fingerprint density at radius 3 is 2.47 bits per heavy atom. The van der Waals surface area contributed by atoms with Gasteiger partial charge in [-0.1, -0.05) is 24.3 Å². The van der Waals surface area contributed by atoms with E-state index in [0.29, 0.717) is 29.2 Å². The molecule has 30 heavy (non-hydrogen) atoms. The highest BCUT2D eigenvalue weighted by atomic mass is 16.5. The van der Waals surface area contributed by atoms with Gasteiger partial charge in [-0.3, -0.25) is 13.9 Å². The van der Waals surface area contributed by atoms with Gasteiger partial charge in [0.15, 0.2) is 0 Å². The molecular weight excluding hydrogens is 380 g/mol. The Labute approximate surface area is 173 Å². The van der Waals surface area contributed by atoms with E-state index in [0.717, 1.165) is 16.6 Å². The lowest BCUT2D eigenvalue weighted by molar-refractivity contribution is 0.102. The number of fused-ring (bicyclic) bond motifs is 1. The lowest BCUT2D eigenvalue weighted by Crippen LogP contribution is -2.22. The summed E-state index contributed by atoms with van der Waals surface area (Å²) in [5.41, 5.74) is 9.90. The minimum Gasteiger partial charge on any atom is -0.497 e. The van der Waals surface area contributed by atoms with Crippen molar-refractivity contribution < 1.29 is 9.53 Å². The number of nitrogens with zero attached hydrogens (tertiary/aromatic N) is 2. The van der Waals surface area contributed by atoms with Gasteiger partial charge in [-0.15, -0.1) is 0 Å². The van der Waals surface area contributed by atoms with Crippen LogP contribution < -0.4 is 21.5 Å². The Kier molecular flexibility index (Phi) is 5.02. The summed E-state index contributed by atoms with van der Waals surface area (Å²) in [7, 11) is 3.34. The average molecular weight is 402 g/mol. The van der Waals surface area contributed by atoms with Crippen LogP contribution in [0.2, 0.25) is 0 Å². The zero-order chi connectivity index (χ0) is 21.3. The first-order chi connectivity index (χ1) is 14.5. The summed E-state index contributed by atoms with van der Waals surface area (Å²) >= 11 is 0. The number of hydrogen-bond acceptors (Lipinski definition) is 4. The number of rotatable bonds is 5. The van der Waals surface area contributed by atoms with Crippen LogP contribution in [0.25, 0.3) is 11.0 Å². The minimum atomic E-state index is -0.242. The number of hydrogen-bond donors (Lipinski definition) is 2. The van der Waals surface area contributed by atoms with Crippen molar-refractivity contribution in [3.05, 3.63) is 88.3 Å². The van der Waals surface area contributed by atoms with Crippen molar-refractivity contribution in [2.75, 3.05) is 18.2 Å². The third-order valence-electron chi connectivity index (χ3n) is 5.12. The monoisotopic (exact) mass is 402 g/mol. The van der Waals surface area contributed by atoms with Crippen molar-refractivity contribution in [1.29, 1.82) is 0 Å². The second-order valence-corrected chi connectivity index (χ2v) is 7.02. The third kappa shape index (κ3) is 3.53. The zero-order valence-corrected chi connectivity index (χ0v) is 16.8. The largest absolute Gasteiger partial charge is 0.497 e. The van der Waals surface area contributed by atoms with Crippen LogP contribution in [0.5, 0.6) is 5.75 Å². The quantitative estimate of drug-likeness (QED) is 0.502. The number of amides is 1. The van der Waals surface area contributed by atoms with E-state index < -0.39 is 0 Å². The SMILES string of the molecule is COc1ccc2c(c1)n(C)c(=O)n2Cc1ccc(C(=O)Nc2ccccc2N)cc1. The van der Waals surface area contributed by atoms with Gasteiger partial charge in [0.25, 0.3) is 5.91 Å². The topological polar surface area (TPSA) is 91.3 Å². The number of benzene rings is 3. The number of carbonyl (C=O) groups excluding carboxylic acids is 1. The Balaban J connectivity index is 1.57. The summed E-state index contributed by atoms with van der Waals surface area (Å²) in [6.07, 6.45) is 0. The number of aromatic nitrogens is 2. The summed E-state index contributed by atoms with van der Waals surface area (Å²) < 4.78 is 8.56. The number of aryl methyl sites for hydroxylation is 1. The van der Waals surface area contributed by atoms with Crippen molar-refractivity contribution in [2.45, 2.75) is 6.54 Å². The molecule has 0 unspecified atom stereocenters. The lowest BCUT2D eigenvalue weighted by Gasteiger charge is -2.09. The van der Waals surface area contributed by atoms with Crippen LogP contribution in [0.4, 0.5) is 11.4 Å². The van der Waals surface area contributed by atoms with Crippen molar-refractivity contribution in [2.24, 2.45) is 7.05 Å². The maximum atomic E-state index is 12.7. The molecule has 0 atom stereocenters. The van der Waals surface area contributed by atoms with Gasteiger partial charge >= 0.3 is 5.69 Å². The van der Waals surface area contributed by atoms with Crippen LogP contribution in [-0.4, -0.2) is 22.2 Å². The fraction of sp³-hybridized carbons (Fsp3) is 0.130. The van der Waals surface area contributed by atoms with E-state index in [1.807, 2.05) is 42.5 Å². The van der Waals surface area contributed by atoms with Gasteiger partial charge < -0.3 is 15.8 Å². The predicted octanol–water partition coefficient (Wildman–Crippen LogP) is 3.23. The third-order valence-corrected chi connectivity index (χ3v) is 5.12. The first-order valence-corrected chi connectivity index (χ1v) is 9.46. The Morgan fingerprint density at radius 1 is 1.03 bits per heavy atom. The first-order valence-electron chi connectivity index (χ1n) is 9.46. The molecule has 0 saturated heterocycles. The van der Waals surface area contributed by atoms with E-state index in [9.17, 15) is 9.59 Å². The van der Waals surface area contributed by atoms with Gasteiger partial charge in [0, 0.05) is 18.7 Å². The molecular formula is C23H22N4O3. The zero-order valence-electron chi connectivity index (χ0n) is 16.8. The molecule has 152 valence electrons. The number of nitrogens with one attached hydrogen (secondary N) is 1. The molecule has 7 heteroatoms. The fourth-order valence-electron chi connectivity index (χ4n) is 3.42. The van der Waals surface area contributed by atoms with Crippen molar-refractivity contribution in [3.63, 3.8) is 0 Å². The fourth-order valence-corrected chi connectivity index (χ4v) is 3.42. The number of anilines is 2. The van der Waals surface area contributed by atoms with Crippen molar-refractivity contribution in [1.82, 2.24) is 9.13 Å². The maximum absolute atomic E-state index is 12.7. The van der Waals surface area contributed by atoms with Gasteiger partial charge in [-0.2, -0.15) is 0 Å². The Bertz CT molecular complexity index is 1290. The highest BCUT2D eigenvalue weighted by molar-refractivity contribution is 6.05. The number of imidazole rings is 1. The summed E-state index contributed by atoms with van der Waals surface area (Å²) in [5.74, 6) is 0.457. The molecule has 3 aromatic carbocycles. The van der Waals surface area contributed by atoms with E-state index in [2.05, 4.69) is 5.32 Å². The standard InChI is InChI=1S/C23H22N4O3/c1-26-21-13-17(30-2)11-12-20(21)27(23(26)29)14-15-7-9-16(10-8-15)22(28)25-19-6-4-3-5-18(19)24/h3-13H,14,24H2,1-2H3,(H,25,28). The number of nitrogens with two attached hydrogens (primary N) is 1. The van der Waals surface area contributed by atoms with Crippen molar-refractivity contribution >= 4 is 28.3 Å². The lowest BCUT2D eigenvalue weighted by atomic mass is 10.1. The molecule has 4 rings (SSSR count). The second-order valence-electron chi connectivity index (χ2n) is 7.02. The smallest absolute Gasteiger partial charge is 0.329 e. The van der Waals surface area contributed by atoms with Crippen LogP contribution >= 0.6 is 0 Å². The van der Waals surface area contributed by atoms with Crippen LogP contribution in [0.15, 0.2) is 71.5 Å². The number of methoxy groups -OCH3 is 1. The summed E-state index contributed by atoms with van der Waals surface area (Å²) in [5, 5.41) is 2.81. The van der Waals surface area contributed by atoms with Crippen LogP contribution in [0.3, 0.4) is 0 Å². The van der Waals surface area contributed by atoms with Gasteiger partial charge in [-0.05, 0) is 42.0 Å². The molecule has 0 aliphatic carbocycles. The highest BCUT2D eigenvalue weighted by Crippen LogP contribution is 2.21.